The summed E-state index contributed by atoms with van der Waals surface area (Å²) in [5, 5.41) is 0. The average Bonchev–Trinajstić information content (AvgIpc) is 2.82. The van der Waals surface area contributed by atoms with Crippen LogP contribution in [0.25, 0.3) is 0 Å². The molecule has 2 N–H and O–H groups in total. The number of methoxy groups -OCH3 is 1. The molecule has 1 aromatic rings. The summed E-state index contributed by atoms with van der Waals surface area (Å²) in [6.07, 6.45) is 0.603. The second kappa shape index (κ2) is 5.44. The Kier molecular flexibility index (Phi) is 4.04. The number of carbonyl (C=O) groups is 2. The molecule has 1 atom stereocenters. The first kappa shape index (κ1) is 14.8. The van der Waals surface area contributed by atoms with Gasteiger partial charge in [-0.1, -0.05) is 0 Å². The predicted molar refractivity (Wildman–Crippen MR) is 78.5 cm³/mol. The van der Waals surface area contributed by atoms with Crippen LogP contribution in [0.3, 0.4) is 0 Å². The van der Waals surface area contributed by atoms with Crippen molar-refractivity contribution in [3.8, 4) is 5.75 Å². The van der Waals surface area contributed by atoms with E-state index in [1.54, 1.807) is 37.1 Å². The van der Waals surface area contributed by atoms with Crippen molar-refractivity contribution < 1.29 is 14.3 Å². The summed E-state index contributed by atoms with van der Waals surface area (Å²) < 4.78 is 5.86. The number of benzene rings is 1. The number of rotatable bonds is 3. The van der Waals surface area contributed by atoms with Gasteiger partial charge in [0.05, 0.1) is 17.0 Å². The SMILES string of the molecule is COc1ccc(C(=O)N2CCC(C)(C(N)=O)C2)cc1Br. The van der Waals surface area contributed by atoms with Crippen LogP contribution in [0.2, 0.25) is 0 Å². The van der Waals surface area contributed by atoms with Gasteiger partial charge in [-0.3, -0.25) is 9.59 Å². The molecule has 1 aromatic carbocycles. The van der Waals surface area contributed by atoms with Crippen LogP contribution in [0, 0.1) is 5.41 Å². The number of amides is 2. The molecule has 1 saturated heterocycles. The Bertz CT molecular complexity index is 561. The van der Waals surface area contributed by atoms with E-state index >= 15 is 0 Å². The van der Waals surface area contributed by atoms with Gasteiger partial charge in [0.2, 0.25) is 5.91 Å². The monoisotopic (exact) mass is 340 g/mol. The largest absolute Gasteiger partial charge is 0.496 e. The van der Waals surface area contributed by atoms with Crippen LogP contribution in [0.15, 0.2) is 22.7 Å². The van der Waals surface area contributed by atoms with Gasteiger partial charge in [0.25, 0.3) is 5.91 Å². The van der Waals surface area contributed by atoms with Gasteiger partial charge in [-0.25, -0.2) is 0 Å². The van der Waals surface area contributed by atoms with Crippen LogP contribution < -0.4 is 10.5 Å². The number of nitrogens with two attached hydrogens (primary N) is 1. The van der Waals surface area contributed by atoms with Crippen LogP contribution in [0.1, 0.15) is 23.7 Å². The molecule has 1 unspecified atom stereocenters. The second-order valence-electron chi connectivity index (χ2n) is 5.25. The summed E-state index contributed by atoms with van der Waals surface area (Å²) in [5.41, 5.74) is 5.33. The first-order chi connectivity index (χ1) is 9.37. The van der Waals surface area contributed by atoms with Gasteiger partial charge in [-0.2, -0.15) is 0 Å². The normalized spacial score (nSPS) is 21.9. The lowest BCUT2D eigenvalue weighted by molar-refractivity contribution is -0.126. The van der Waals surface area contributed by atoms with Crippen LogP contribution in [-0.2, 0) is 4.79 Å². The van der Waals surface area contributed by atoms with Crippen LogP contribution in [-0.4, -0.2) is 36.9 Å². The highest BCUT2D eigenvalue weighted by Gasteiger charge is 2.40. The van der Waals surface area contributed by atoms with Crippen molar-refractivity contribution in [3.63, 3.8) is 0 Å². The predicted octanol–water partition coefficient (Wildman–Crippen LogP) is 1.80. The lowest BCUT2D eigenvalue weighted by Crippen LogP contribution is -2.38. The molecule has 0 aromatic heterocycles. The van der Waals surface area contributed by atoms with E-state index in [2.05, 4.69) is 15.9 Å². The number of hydrogen-bond acceptors (Lipinski definition) is 3. The molecule has 108 valence electrons. The number of likely N-dealkylation sites (tertiary alicyclic amines) is 1. The van der Waals surface area contributed by atoms with Crippen molar-refractivity contribution in [3.05, 3.63) is 28.2 Å². The number of carbonyl (C=O) groups excluding carboxylic acids is 2. The Morgan fingerprint density at radius 1 is 1.45 bits per heavy atom. The van der Waals surface area contributed by atoms with Gasteiger partial charge >= 0.3 is 0 Å². The lowest BCUT2D eigenvalue weighted by atomic mass is 9.89. The Labute approximate surface area is 126 Å². The molecule has 1 heterocycles. The number of ether oxygens (including phenoxy) is 1. The smallest absolute Gasteiger partial charge is 0.253 e. The fourth-order valence-electron chi connectivity index (χ4n) is 2.32. The minimum atomic E-state index is -0.626. The first-order valence-electron chi connectivity index (χ1n) is 6.30. The minimum absolute atomic E-state index is 0.0988. The third-order valence-electron chi connectivity index (χ3n) is 3.75. The van der Waals surface area contributed by atoms with Crippen molar-refractivity contribution in [1.82, 2.24) is 4.90 Å². The van der Waals surface area contributed by atoms with Gasteiger partial charge in [-0.05, 0) is 47.5 Å². The maximum atomic E-state index is 12.4. The van der Waals surface area contributed by atoms with Gasteiger partial charge in [0.15, 0.2) is 0 Å². The summed E-state index contributed by atoms with van der Waals surface area (Å²) in [6.45, 7) is 2.71. The summed E-state index contributed by atoms with van der Waals surface area (Å²) >= 11 is 3.36. The van der Waals surface area contributed by atoms with E-state index in [1.165, 1.54) is 0 Å². The molecule has 0 bridgehead atoms. The highest BCUT2D eigenvalue weighted by Crippen LogP contribution is 2.31. The van der Waals surface area contributed by atoms with Crippen molar-refractivity contribution in [1.29, 1.82) is 0 Å². The molecule has 1 aliphatic heterocycles. The molecular formula is C14H17BrN2O3. The molecule has 20 heavy (non-hydrogen) atoms. The van der Waals surface area contributed by atoms with E-state index in [4.69, 9.17) is 10.5 Å². The maximum Gasteiger partial charge on any atom is 0.253 e. The summed E-state index contributed by atoms with van der Waals surface area (Å²) in [4.78, 5) is 25.5. The lowest BCUT2D eigenvalue weighted by Gasteiger charge is -2.21. The van der Waals surface area contributed by atoms with Crippen LogP contribution in [0.5, 0.6) is 5.75 Å². The molecule has 0 spiro atoms. The highest BCUT2D eigenvalue weighted by atomic mass is 79.9. The quantitative estimate of drug-likeness (QED) is 0.911. The Morgan fingerprint density at radius 2 is 2.15 bits per heavy atom. The number of hydrogen-bond donors (Lipinski definition) is 1. The second-order valence-corrected chi connectivity index (χ2v) is 6.11. The van der Waals surface area contributed by atoms with Crippen molar-refractivity contribution in [2.75, 3.05) is 20.2 Å². The number of nitrogens with zero attached hydrogens (tertiary/aromatic N) is 1. The zero-order chi connectivity index (χ0) is 14.9. The summed E-state index contributed by atoms with van der Waals surface area (Å²) in [7, 11) is 1.57. The van der Waals surface area contributed by atoms with Gasteiger partial charge < -0.3 is 15.4 Å². The third kappa shape index (κ3) is 2.65. The average molecular weight is 341 g/mol. The van der Waals surface area contributed by atoms with Gasteiger partial charge in [-0.15, -0.1) is 0 Å². The molecule has 6 heteroatoms. The number of primary amides is 1. The Hall–Kier alpha value is -1.56. The summed E-state index contributed by atoms with van der Waals surface area (Å²) in [5.74, 6) is 0.215. The zero-order valence-corrected chi connectivity index (χ0v) is 13.1. The number of halogens is 1. The fraction of sp³-hybridized carbons (Fsp3) is 0.429. The third-order valence-corrected chi connectivity index (χ3v) is 4.37. The Balaban J connectivity index is 2.17. The molecule has 0 saturated carbocycles. The van der Waals surface area contributed by atoms with Crippen molar-refractivity contribution in [2.45, 2.75) is 13.3 Å². The maximum absolute atomic E-state index is 12.4. The highest BCUT2D eigenvalue weighted by molar-refractivity contribution is 9.10. The standard InChI is InChI=1S/C14H17BrN2O3/c1-14(13(16)19)5-6-17(8-14)12(18)9-3-4-11(20-2)10(15)7-9/h3-4,7H,5-6,8H2,1-2H3,(H2,16,19). The van der Waals surface area contributed by atoms with E-state index in [9.17, 15) is 9.59 Å². The van der Waals surface area contributed by atoms with Crippen LogP contribution >= 0.6 is 15.9 Å². The summed E-state index contributed by atoms with van der Waals surface area (Å²) in [6, 6.07) is 5.17. The molecule has 1 aliphatic rings. The molecule has 1 fully saturated rings. The fourth-order valence-corrected chi connectivity index (χ4v) is 2.86. The van der Waals surface area contributed by atoms with E-state index in [0.717, 1.165) is 4.47 Å². The molecule has 5 nitrogen and oxygen atoms in total. The molecule has 2 amide bonds. The van der Waals surface area contributed by atoms with Crippen LogP contribution in [0.4, 0.5) is 0 Å². The van der Waals surface area contributed by atoms with Crippen molar-refractivity contribution >= 4 is 27.7 Å². The first-order valence-corrected chi connectivity index (χ1v) is 7.09. The molecular weight excluding hydrogens is 324 g/mol. The van der Waals surface area contributed by atoms with E-state index in [1.807, 2.05) is 0 Å². The Morgan fingerprint density at radius 3 is 2.65 bits per heavy atom. The van der Waals surface area contributed by atoms with Gasteiger partial charge in [0.1, 0.15) is 5.75 Å². The molecule has 2 rings (SSSR count). The van der Waals surface area contributed by atoms with E-state index in [-0.39, 0.29) is 11.8 Å². The van der Waals surface area contributed by atoms with Crippen molar-refractivity contribution in [2.24, 2.45) is 11.1 Å². The van der Waals surface area contributed by atoms with E-state index < -0.39 is 5.41 Å². The van der Waals surface area contributed by atoms with E-state index in [0.29, 0.717) is 30.8 Å². The zero-order valence-electron chi connectivity index (χ0n) is 11.5. The topological polar surface area (TPSA) is 72.6 Å². The molecule has 0 radical (unpaired) electrons. The minimum Gasteiger partial charge on any atom is -0.496 e. The molecule has 0 aliphatic carbocycles. The van der Waals surface area contributed by atoms with Gasteiger partial charge in [0, 0.05) is 18.7 Å².